The summed E-state index contributed by atoms with van der Waals surface area (Å²) in [6.07, 6.45) is 3.77. The Morgan fingerprint density at radius 2 is 1.90 bits per heavy atom. The SMILES string of the molecule is C=C[C@]1(C)CC[C@]2(C(C)C)O[C@H](c3ccc(O)cc3)[C@@H]1O2. The van der Waals surface area contributed by atoms with Crippen molar-refractivity contribution in [1.29, 1.82) is 0 Å². The van der Waals surface area contributed by atoms with E-state index in [1.807, 2.05) is 18.2 Å². The van der Waals surface area contributed by atoms with Crippen molar-refractivity contribution in [3.8, 4) is 5.75 Å². The molecule has 4 atom stereocenters. The Balaban J connectivity index is 2.00. The molecule has 1 aromatic carbocycles. The highest BCUT2D eigenvalue weighted by atomic mass is 16.8. The number of phenols is 1. The number of fused-ring (bicyclic) bond motifs is 2. The zero-order valence-corrected chi connectivity index (χ0v) is 13.0. The van der Waals surface area contributed by atoms with Crippen LogP contribution < -0.4 is 0 Å². The molecule has 2 aliphatic heterocycles. The number of aromatic hydroxyl groups is 1. The van der Waals surface area contributed by atoms with Gasteiger partial charge >= 0.3 is 0 Å². The third-order valence-corrected chi connectivity index (χ3v) is 5.16. The Hall–Kier alpha value is -1.32. The van der Waals surface area contributed by atoms with Crippen LogP contribution in [0.5, 0.6) is 5.75 Å². The van der Waals surface area contributed by atoms with Gasteiger partial charge < -0.3 is 14.6 Å². The topological polar surface area (TPSA) is 38.7 Å². The van der Waals surface area contributed by atoms with Gasteiger partial charge in [-0.3, -0.25) is 0 Å². The molecule has 3 rings (SSSR count). The number of phenolic OH excluding ortho intramolecular Hbond substituents is 1. The summed E-state index contributed by atoms with van der Waals surface area (Å²) in [7, 11) is 0. The molecule has 1 N–H and O–H groups in total. The van der Waals surface area contributed by atoms with Gasteiger partial charge in [-0.2, -0.15) is 0 Å². The summed E-state index contributed by atoms with van der Waals surface area (Å²) < 4.78 is 12.8. The first-order chi connectivity index (χ1) is 9.90. The average Bonchev–Trinajstić information content (AvgIpc) is 2.82. The molecule has 114 valence electrons. The molecule has 0 saturated carbocycles. The van der Waals surface area contributed by atoms with Crippen LogP contribution in [-0.4, -0.2) is 17.0 Å². The van der Waals surface area contributed by atoms with Gasteiger partial charge in [-0.05, 0) is 24.1 Å². The van der Waals surface area contributed by atoms with Crippen LogP contribution in [0.25, 0.3) is 0 Å². The molecular weight excluding hydrogens is 264 g/mol. The number of rotatable bonds is 3. The van der Waals surface area contributed by atoms with Crippen LogP contribution in [-0.2, 0) is 9.47 Å². The lowest BCUT2D eigenvalue weighted by Gasteiger charge is -2.42. The summed E-state index contributed by atoms with van der Waals surface area (Å²) in [5, 5.41) is 9.49. The van der Waals surface area contributed by atoms with Crippen molar-refractivity contribution >= 4 is 0 Å². The largest absolute Gasteiger partial charge is 0.508 e. The van der Waals surface area contributed by atoms with Crippen molar-refractivity contribution in [2.45, 2.75) is 51.6 Å². The highest BCUT2D eigenvalue weighted by molar-refractivity contribution is 5.30. The predicted molar refractivity (Wildman–Crippen MR) is 81.9 cm³/mol. The van der Waals surface area contributed by atoms with Crippen LogP contribution in [0, 0.1) is 11.3 Å². The van der Waals surface area contributed by atoms with Gasteiger partial charge in [0.2, 0.25) is 0 Å². The molecule has 0 radical (unpaired) electrons. The molecule has 3 nitrogen and oxygen atoms in total. The van der Waals surface area contributed by atoms with Crippen molar-refractivity contribution < 1.29 is 14.6 Å². The number of hydrogen-bond acceptors (Lipinski definition) is 3. The smallest absolute Gasteiger partial charge is 0.172 e. The second kappa shape index (κ2) is 4.85. The monoisotopic (exact) mass is 288 g/mol. The zero-order valence-electron chi connectivity index (χ0n) is 13.0. The highest BCUT2D eigenvalue weighted by Gasteiger charge is 2.59. The molecule has 0 aliphatic carbocycles. The zero-order chi connectivity index (χ0) is 15.3. The predicted octanol–water partition coefficient (Wildman–Crippen LogP) is 4.19. The van der Waals surface area contributed by atoms with Gasteiger partial charge in [-0.15, -0.1) is 6.58 Å². The van der Waals surface area contributed by atoms with Gasteiger partial charge in [0, 0.05) is 17.8 Å². The van der Waals surface area contributed by atoms with Crippen LogP contribution >= 0.6 is 0 Å². The van der Waals surface area contributed by atoms with Gasteiger partial charge in [0.25, 0.3) is 0 Å². The van der Waals surface area contributed by atoms with E-state index in [1.54, 1.807) is 12.1 Å². The fourth-order valence-corrected chi connectivity index (χ4v) is 3.45. The molecule has 0 amide bonds. The first-order valence-electron chi connectivity index (χ1n) is 7.68. The molecular formula is C18H24O3. The summed E-state index contributed by atoms with van der Waals surface area (Å²) in [5.41, 5.74) is 0.965. The summed E-state index contributed by atoms with van der Waals surface area (Å²) in [5.74, 6) is 0.0811. The van der Waals surface area contributed by atoms with Gasteiger partial charge in [0.15, 0.2) is 5.79 Å². The van der Waals surface area contributed by atoms with E-state index in [-0.39, 0.29) is 23.4 Å². The van der Waals surface area contributed by atoms with Crippen molar-refractivity contribution in [3.63, 3.8) is 0 Å². The molecule has 21 heavy (non-hydrogen) atoms. The Labute approximate surface area is 126 Å². The second-order valence-electron chi connectivity index (χ2n) is 6.84. The van der Waals surface area contributed by atoms with E-state index in [0.717, 1.165) is 18.4 Å². The van der Waals surface area contributed by atoms with E-state index >= 15 is 0 Å². The maximum atomic E-state index is 9.49. The van der Waals surface area contributed by atoms with Gasteiger partial charge in [-0.1, -0.05) is 39.0 Å². The highest BCUT2D eigenvalue weighted by Crippen LogP contribution is 2.56. The summed E-state index contributed by atoms with van der Waals surface area (Å²) in [6, 6.07) is 7.24. The summed E-state index contributed by atoms with van der Waals surface area (Å²) >= 11 is 0. The van der Waals surface area contributed by atoms with Crippen LogP contribution in [0.2, 0.25) is 0 Å². The van der Waals surface area contributed by atoms with E-state index in [2.05, 4.69) is 27.4 Å². The minimum Gasteiger partial charge on any atom is -0.508 e. The molecule has 2 aliphatic rings. The van der Waals surface area contributed by atoms with Crippen molar-refractivity contribution in [1.82, 2.24) is 0 Å². The van der Waals surface area contributed by atoms with Crippen LogP contribution in [0.4, 0.5) is 0 Å². The second-order valence-corrected chi connectivity index (χ2v) is 6.84. The van der Waals surface area contributed by atoms with E-state index < -0.39 is 5.79 Å². The maximum absolute atomic E-state index is 9.49. The Kier molecular flexibility index (Phi) is 3.38. The Morgan fingerprint density at radius 3 is 2.48 bits per heavy atom. The van der Waals surface area contributed by atoms with E-state index in [4.69, 9.17) is 9.47 Å². The molecule has 0 aromatic heterocycles. The maximum Gasteiger partial charge on any atom is 0.172 e. The summed E-state index contributed by atoms with van der Waals surface area (Å²) in [6.45, 7) is 10.5. The van der Waals surface area contributed by atoms with Crippen LogP contribution in [0.3, 0.4) is 0 Å². The molecule has 2 bridgehead atoms. The average molecular weight is 288 g/mol. The third kappa shape index (κ3) is 2.19. The summed E-state index contributed by atoms with van der Waals surface area (Å²) in [4.78, 5) is 0. The molecule has 2 heterocycles. The van der Waals surface area contributed by atoms with E-state index in [9.17, 15) is 5.11 Å². The normalized spacial score (nSPS) is 38.7. The quantitative estimate of drug-likeness (QED) is 0.848. The van der Waals surface area contributed by atoms with Crippen LogP contribution in [0.15, 0.2) is 36.9 Å². The number of hydrogen-bond donors (Lipinski definition) is 1. The van der Waals surface area contributed by atoms with E-state index in [0.29, 0.717) is 5.92 Å². The molecule has 2 saturated heterocycles. The molecule has 3 heteroatoms. The van der Waals surface area contributed by atoms with Gasteiger partial charge in [0.1, 0.15) is 18.0 Å². The molecule has 0 spiro atoms. The number of benzene rings is 1. The standard InChI is InChI=1S/C18H24O3/c1-5-17(4)10-11-18(12(2)3)20-15(16(17)21-18)13-6-8-14(19)9-7-13/h5-9,12,15-16,19H,1,10-11H2,2-4H3/t15-,16+,17-,18+/m1/s1. The molecule has 0 unspecified atom stereocenters. The van der Waals surface area contributed by atoms with Gasteiger partial charge in [0.05, 0.1) is 0 Å². The first-order valence-corrected chi connectivity index (χ1v) is 7.68. The van der Waals surface area contributed by atoms with Crippen LogP contribution in [0.1, 0.15) is 45.3 Å². The fraction of sp³-hybridized carbons (Fsp3) is 0.556. The minimum absolute atomic E-state index is 0.0318. The van der Waals surface area contributed by atoms with Gasteiger partial charge in [-0.25, -0.2) is 0 Å². The fourth-order valence-electron chi connectivity index (χ4n) is 3.45. The van der Waals surface area contributed by atoms with E-state index in [1.165, 1.54) is 0 Å². The number of ether oxygens (including phenoxy) is 2. The molecule has 1 aromatic rings. The lowest BCUT2D eigenvalue weighted by Crippen LogP contribution is -2.46. The first kappa shape index (κ1) is 14.6. The van der Waals surface area contributed by atoms with Crippen molar-refractivity contribution in [2.24, 2.45) is 11.3 Å². The molecule has 2 fully saturated rings. The lowest BCUT2D eigenvalue weighted by atomic mass is 9.74. The van der Waals surface area contributed by atoms with Crippen molar-refractivity contribution in [2.75, 3.05) is 0 Å². The lowest BCUT2D eigenvalue weighted by molar-refractivity contribution is -0.235. The Bertz CT molecular complexity index is 536. The van der Waals surface area contributed by atoms with Crippen molar-refractivity contribution in [3.05, 3.63) is 42.5 Å². The minimum atomic E-state index is -0.490. The Morgan fingerprint density at radius 1 is 1.24 bits per heavy atom. The third-order valence-electron chi connectivity index (χ3n) is 5.16.